The van der Waals surface area contributed by atoms with Crippen molar-refractivity contribution in [2.45, 2.75) is 12.8 Å². The number of aromatic hydroxyl groups is 1. The average Bonchev–Trinajstić information content (AvgIpc) is 2.01. The van der Waals surface area contributed by atoms with E-state index in [1.165, 1.54) is 0 Å². The number of rotatable bonds is 2. The van der Waals surface area contributed by atoms with Gasteiger partial charge in [-0.2, -0.15) is 0 Å². The highest BCUT2D eigenvalue weighted by atomic mass is 19.3. The van der Waals surface area contributed by atoms with E-state index in [1.54, 1.807) is 0 Å². The molecule has 1 aromatic carbocycles. The summed E-state index contributed by atoms with van der Waals surface area (Å²) in [6.45, 7) is 0.591. The number of benzene rings is 1. The van der Waals surface area contributed by atoms with Gasteiger partial charge in [-0.25, -0.2) is 13.6 Å². The van der Waals surface area contributed by atoms with E-state index in [4.69, 9.17) is 5.11 Å². The van der Waals surface area contributed by atoms with Crippen molar-refractivity contribution >= 4 is 5.97 Å². The zero-order valence-electron chi connectivity index (χ0n) is 7.29. The fourth-order valence-corrected chi connectivity index (χ4v) is 1.07. The molecule has 0 saturated carbocycles. The number of hydrogen-bond donors (Lipinski definition) is 2. The Morgan fingerprint density at radius 1 is 1.43 bits per heavy atom. The molecule has 76 valence electrons. The van der Waals surface area contributed by atoms with E-state index in [0.29, 0.717) is 6.92 Å². The van der Waals surface area contributed by atoms with Gasteiger partial charge in [0.1, 0.15) is 11.3 Å². The van der Waals surface area contributed by atoms with Gasteiger partial charge in [-0.3, -0.25) is 0 Å². The van der Waals surface area contributed by atoms with Crippen LogP contribution in [0.25, 0.3) is 0 Å². The van der Waals surface area contributed by atoms with Crippen LogP contribution in [0.15, 0.2) is 18.2 Å². The molecule has 14 heavy (non-hydrogen) atoms. The van der Waals surface area contributed by atoms with Crippen LogP contribution >= 0.6 is 0 Å². The van der Waals surface area contributed by atoms with Gasteiger partial charge in [0.2, 0.25) is 0 Å². The molecule has 0 fully saturated rings. The molecular formula is C9H8F2O3. The summed E-state index contributed by atoms with van der Waals surface area (Å²) in [5.41, 5.74) is -1.21. The van der Waals surface area contributed by atoms with E-state index in [0.717, 1.165) is 18.2 Å². The highest BCUT2D eigenvalue weighted by Gasteiger charge is 2.29. The average molecular weight is 202 g/mol. The lowest BCUT2D eigenvalue weighted by molar-refractivity contribution is 0.0150. The molecule has 5 heteroatoms. The maximum Gasteiger partial charge on any atom is 0.339 e. The fourth-order valence-electron chi connectivity index (χ4n) is 1.07. The molecule has 0 unspecified atom stereocenters. The third-order valence-electron chi connectivity index (χ3n) is 1.74. The number of halogens is 2. The van der Waals surface area contributed by atoms with Crippen molar-refractivity contribution in [2.75, 3.05) is 0 Å². The van der Waals surface area contributed by atoms with Crippen molar-refractivity contribution in [3.63, 3.8) is 0 Å². The minimum Gasteiger partial charge on any atom is -0.507 e. The maximum atomic E-state index is 12.8. The maximum absolute atomic E-state index is 12.8. The zero-order valence-corrected chi connectivity index (χ0v) is 7.29. The van der Waals surface area contributed by atoms with Crippen LogP contribution in [0.2, 0.25) is 0 Å². The van der Waals surface area contributed by atoms with Crippen molar-refractivity contribution in [1.29, 1.82) is 0 Å². The minimum atomic E-state index is -3.25. The van der Waals surface area contributed by atoms with Crippen LogP contribution in [-0.2, 0) is 5.92 Å². The Labute approximate surface area is 78.6 Å². The molecular weight excluding hydrogens is 194 g/mol. The van der Waals surface area contributed by atoms with Gasteiger partial charge in [0.05, 0.1) is 5.56 Å². The largest absolute Gasteiger partial charge is 0.507 e. The second-order valence-corrected chi connectivity index (χ2v) is 2.90. The molecule has 0 amide bonds. The summed E-state index contributed by atoms with van der Waals surface area (Å²) in [5.74, 6) is -5.57. The van der Waals surface area contributed by atoms with E-state index in [1.807, 2.05) is 0 Å². The van der Waals surface area contributed by atoms with Crippen LogP contribution < -0.4 is 0 Å². The summed E-state index contributed by atoms with van der Waals surface area (Å²) in [6, 6.07) is 3.21. The van der Waals surface area contributed by atoms with Crippen LogP contribution in [0.5, 0.6) is 5.75 Å². The monoisotopic (exact) mass is 202 g/mol. The first-order chi connectivity index (χ1) is 6.34. The second kappa shape index (κ2) is 3.25. The van der Waals surface area contributed by atoms with Gasteiger partial charge in [-0.15, -0.1) is 0 Å². The van der Waals surface area contributed by atoms with Crippen molar-refractivity contribution in [2.24, 2.45) is 0 Å². The highest BCUT2D eigenvalue weighted by molar-refractivity contribution is 5.91. The number of carboxylic acids is 1. The van der Waals surface area contributed by atoms with Crippen LogP contribution in [-0.4, -0.2) is 16.2 Å². The molecule has 3 nitrogen and oxygen atoms in total. The van der Waals surface area contributed by atoms with Crippen LogP contribution in [0.4, 0.5) is 8.78 Å². The van der Waals surface area contributed by atoms with Crippen LogP contribution in [0.1, 0.15) is 22.8 Å². The number of aromatic carboxylic acids is 1. The molecule has 0 atom stereocenters. The Morgan fingerprint density at radius 3 is 2.43 bits per heavy atom. The Morgan fingerprint density at radius 2 is 2.00 bits per heavy atom. The summed E-state index contributed by atoms with van der Waals surface area (Å²) in [5, 5.41) is 17.8. The van der Waals surface area contributed by atoms with E-state index in [9.17, 15) is 18.7 Å². The topological polar surface area (TPSA) is 57.5 Å². The van der Waals surface area contributed by atoms with Gasteiger partial charge < -0.3 is 10.2 Å². The van der Waals surface area contributed by atoms with E-state index in [-0.39, 0.29) is 0 Å². The summed E-state index contributed by atoms with van der Waals surface area (Å²) in [4.78, 5) is 10.5. The highest BCUT2D eigenvalue weighted by Crippen LogP contribution is 2.35. The number of para-hydroxylation sites is 1. The first kappa shape index (κ1) is 10.4. The zero-order chi connectivity index (χ0) is 10.9. The van der Waals surface area contributed by atoms with Gasteiger partial charge in [0.15, 0.2) is 0 Å². The second-order valence-electron chi connectivity index (χ2n) is 2.90. The van der Waals surface area contributed by atoms with Crippen molar-refractivity contribution in [3.05, 3.63) is 29.3 Å². The molecule has 0 aromatic heterocycles. The first-order valence-electron chi connectivity index (χ1n) is 3.77. The molecule has 0 aliphatic rings. The van der Waals surface area contributed by atoms with Gasteiger partial charge in [0, 0.05) is 6.92 Å². The Kier molecular flexibility index (Phi) is 2.42. The molecule has 0 aliphatic heterocycles. The normalized spacial score (nSPS) is 11.4. The van der Waals surface area contributed by atoms with Crippen LogP contribution in [0, 0.1) is 0 Å². The Hall–Kier alpha value is -1.65. The number of hydrogen-bond acceptors (Lipinski definition) is 2. The third kappa shape index (κ3) is 1.81. The third-order valence-corrected chi connectivity index (χ3v) is 1.74. The minimum absolute atomic E-state index is 0.524. The lowest BCUT2D eigenvalue weighted by Gasteiger charge is -2.13. The summed E-state index contributed by atoms with van der Waals surface area (Å²) in [6.07, 6.45) is 0. The summed E-state index contributed by atoms with van der Waals surface area (Å²) < 4.78 is 25.6. The van der Waals surface area contributed by atoms with E-state index >= 15 is 0 Å². The number of carbonyl (C=O) groups is 1. The molecule has 2 N–H and O–H groups in total. The lowest BCUT2D eigenvalue weighted by Crippen LogP contribution is -2.09. The molecule has 1 aromatic rings. The van der Waals surface area contributed by atoms with Crippen molar-refractivity contribution in [1.82, 2.24) is 0 Å². The van der Waals surface area contributed by atoms with Gasteiger partial charge >= 0.3 is 5.97 Å². The van der Waals surface area contributed by atoms with Crippen molar-refractivity contribution < 1.29 is 23.8 Å². The molecule has 0 heterocycles. The fraction of sp³-hybridized carbons (Fsp3) is 0.222. The molecule has 0 aliphatic carbocycles. The number of phenols is 1. The predicted octanol–water partition coefficient (Wildman–Crippen LogP) is 2.20. The Bertz CT molecular complexity index is 369. The number of carboxylic acid groups (broad SMARTS) is 1. The van der Waals surface area contributed by atoms with Crippen molar-refractivity contribution in [3.8, 4) is 5.75 Å². The smallest absolute Gasteiger partial charge is 0.339 e. The molecule has 1 rings (SSSR count). The number of alkyl halides is 2. The molecule has 0 radical (unpaired) electrons. The lowest BCUT2D eigenvalue weighted by atomic mass is 10.0. The molecule has 0 saturated heterocycles. The predicted molar refractivity (Wildman–Crippen MR) is 44.6 cm³/mol. The van der Waals surface area contributed by atoms with Gasteiger partial charge in [0.25, 0.3) is 5.92 Å². The van der Waals surface area contributed by atoms with E-state index in [2.05, 4.69) is 0 Å². The van der Waals surface area contributed by atoms with E-state index < -0.39 is 28.8 Å². The first-order valence-corrected chi connectivity index (χ1v) is 3.77. The molecule has 0 bridgehead atoms. The van der Waals surface area contributed by atoms with Crippen LogP contribution in [0.3, 0.4) is 0 Å². The summed E-state index contributed by atoms with van der Waals surface area (Å²) in [7, 11) is 0. The van der Waals surface area contributed by atoms with Gasteiger partial charge in [-0.1, -0.05) is 6.07 Å². The summed E-state index contributed by atoms with van der Waals surface area (Å²) >= 11 is 0. The quantitative estimate of drug-likeness (QED) is 0.772. The Balaban J connectivity index is 3.35. The standard InChI is InChI=1S/C9H8F2O3/c1-9(10,11)6-4-2-3-5(7(6)12)8(13)14/h2-4,12H,1H3,(H,13,14). The molecule has 0 spiro atoms. The van der Waals surface area contributed by atoms with Gasteiger partial charge in [-0.05, 0) is 12.1 Å². The SMILES string of the molecule is CC(F)(F)c1cccc(C(=O)O)c1O.